The third kappa shape index (κ3) is 3.24. The molecule has 2 rings (SSSR count). The van der Waals surface area contributed by atoms with Crippen LogP contribution in [0.15, 0.2) is 48.7 Å². The largest absolute Gasteiger partial charge is 0.399 e. The summed E-state index contributed by atoms with van der Waals surface area (Å²) in [5, 5.41) is 0. The molecule has 2 N–H and O–H groups in total. The van der Waals surface area contributed by atoms with Crippen LogP contribution in [-0.4, -0.2) is 4.98 Å². The Labute approximate surface area is 102 Å². The van der Waals surface area contributed by atoms with Crippen LogP contribution < -0.4 is 5.73 Å². The Kier molecular flexibility index (Phi) is 4.80. The van der Waals surface area contributed by atoms with E-state index in [1.54, 1.807) is 0 Å². The molecule has 3 heteroatoms. The van der Waals surface area contributed by atoms with Crippen LogP contribution in [0.5, 0.6) is 0 Å². The van der Waals surface area contributed by atoms with Gasteiger partial charge in [0, 0.05) is 17.6 Å². The van der Waals surface area contributed by atoms with Crippen LogP contribution in [0.25, 0.3) is 0 Å². The average molecular weight is 235 g/mol. The Morgan fingerprint density at radius 1 is 0.938 bits per heavy atom. The minimum absolute atomic E-state index is 0. The molecule has 2 nitrogen and oxygen atoms in total. The van der Waals surface area contributed by atoms with Gasteiger partial charge in [0.2, 0.25) is 0 Å². The third-order valence-electron chi connectivity index (χ3n) is 2.43. The zero-order chi connectivity index (χ0) is 10.5. The number of hydrogen-bond donors (Lipinski definition) is 1. The minimum Gasteiger partial charge on any atom is -0.399 e. The minimum atomic E-state index is 0. The van der Waals surface area contributed by atoms with Gasteiger partial charge in [-0.3, -0.25) is 4.98 Å². The maximum Gasteiger partial charge on any atom is 0.0406 e. The molecule has 1 aromatic heterocycles. The number of aromatic nitrogens is 1. The Morgan fingerprint density at radius 3 is 2.38 bits per heavy atom. The van der Waals surface area contributed by atoms with Crippen molar-refractivity contribution in [2.45, 2.75) is 12.8 Å². The number of para-hydroxylation sites is 1. The van der Waals surface area contributed by atoms with Gasteiger partial charge in [-0.05, 0) is 36.6 Å². The molecule has 0 bridgehead atoms. The molecule has 0 aliphatic heterocycles. The second-order valence-electron chi connectivity index (χ2n) is 3.52. The quantitative estimate of drug-likeness (QED) is 0.830. The summed E-state index contributed by atoms with van der Waals surface area (Å²) in [6.07, 6.45) is 3.71. The lowest BCUT2D eigenvalue weighted by molar-refractivity contribution is 0.916. The van der Waals surface area contributed by atoms with Crippen LogP contribution in [-0.2, 0) is 12.8 Å². The Balaban J connectivity index is 0.00000128. The first kappa shape index (κ1) is 12.5. The number of rotatable bonds is 3. The number of nitrogens with two attached hydrogens (primary N) is 1. The van der Waals surface area contributed by atoms with E-state index < -0.39 is 0 Å². The second kappa shape index (κ2) is 6.13. The lowest BCUT2D eigenvalue weighted by Gasteiger charge is -2.04. The van der Waals surface area contributed by atoms with E-state index in [0.717, 1.165) is 24.2 Å². The van der Waals surface area contributed by atoms with E-state index in [1.807, 2.05) is 42.6 Å². The molecule has 0 saturated heterocycles. The summed E-state index contributed by atoms with van der Waals surface area (Å²) >= 11 is 0. The van der Waals surface area contributed by atoms with Crippen molar-refractivity contribution >= 4 is 18.1 Å². The number of nitrogens with zero attached hydrogens (tertiary/aromatic N) is 1. The Hall–Kier alpha value is -1.54. The molecular formula is C13H15ClN2. The van der Waals surface area contributed by atoms with Gasteiger partial charge < -0.3 is 5.73 Å². The van der Waals surface area contributed by atoms with Crippen LogP contribution in [0.1, 0.15) is 11.3 Å². The summed E-state index contributed by atoms with van der Waals surface area (Å²) in [5.74, 6) is 0. The maximum absolute atomic E-state index is 5.86. The molecule has 0 aliphatic rings. The van der Waals surface area contributed by atoms with Gasteiger partial charge in [-0.25, -0.2) is 0 Å². The van der Waals surface area contributed by atoms with Gasteiger partial charge in [0.15, 0.2) is 0 Å². The fourth-order valence-electron chi connectivity index (χ4n) is 1.57. The normalized spacial score (nSPS) is 9.50. The topological polar surface area (TPSA) is 38.9 Å². The molecule has 2 aromatic rings. The van der Waals surface area contributed by atoms with Gasteiger partial charge in [-0.2, -0.15) is 0 Å². The summed E-state index contributed by atoms with van der Waals surface area (Å²) in [4.78, 5) is 4.28. The zero-order valence-corrected chi connectivity index (χ0v) is 9.78. The van der Waals surface area contributed by atoms with E-state index >= 15 is 0 Å². The maximum atomic E-state index is 5.86. The standard InChI is InChI=1S/C13H14N2.ClH/c14-13-7-2-1-5-11(13)8-9-12-6-3-4-10-15-12;/h1-7,10H,8-9,14H2;1H. The van der Waals surface area contributed by atoms with Crippen molar-refractivity contribution in [1.82, 2.24) is 4.98 Å². The number of hydrogen-bond acceptors (Lipinski definition) is 2. The van der Waals surface area contributed by atoms with E-state index in [-0.39, 0.29) is 12.4 Å². The highest BCUT2D eigenvalue weighted by Crippen LogP contribution is 2.12. The smallest absolute Gasteiger partial charge is 0.0406 e. The van der Waals surface area contributed by atoms with Crippen molar-refractivity contribution in [2.75, 3.05) is 5.73 Å². The molecule has 16 heavy (non-hydrogen) atoms. The number of pyridine rings is 1. The van der Waals surface area contributed by atoms with Gasteiger partial charge in [-0.1, -0.05) is 24.3 Å². The van der Waals surface area contributed by atoms with E-state index in [1.165, 1.54) is 5.56 Å². The molecule has 0 aliphatic carbocycles. The molecule has 0 radical (unpaired) electrons. The lowest BCUT2D eigenvalue weighted by Crippen LogP contribution is -1.97. The highest BCUT2D eigenvalue weighted by atomic mass is 35.5. The van der Waals surface area contributed by atoms with Crippen molar-refractivity contribution in [2.24, 2.45) is 0 Å². The molecule has 84 valence electrons. The van der Waals surface area contributed by atoms with E-state index in [9.17, 15) is 0 Å². The fourth-order valence-corrected chi connectivity index (χ4v) is 1.57. The van der Waals surface area contributed by atoms with Gasteiger partial charge in [0.05, 0.1) is 0 Å². The Morgan fingerprint density at radius 2 is 1.69 bits per heavy atom. The van der Waals surface area contributed by atoms with Gasteiger partial charge >= 0.3 is 0 Å². The number of nitrogen functional groups attached to an aromatic ring is 1. The van der Waals surface area contributed by atoms with Crippen molar-refractivity contribution in [3.8, 4) is 0 Å². The van der Waals surface area contributed by atoms with Crippen molar-refractivity contribution < 1.29 is 0 Å². The van der Waals surface area contributed by atoms with Crippen LogP contribution in [0.4, 0.5) is 5.69 Å². The van der Waals surface area contributed by atoms with E-state index in [0.29, 0.717) is 0 Å². The van der Waals surface area contributed by atoms with Crippen LogP contribution in [0.2, 0.25) is 0 Å². The van der Waals surface area contributed by atoms with Crippen LogP contribution in [0, 0.1) is 0 Å². The molecule has 0 saturated carbocycles. The van der Waals surface area contributed by atoms with Crippen LogP contribution in [0.3, 0.4) is 0 Å². The van der Waals surface area contributed by atoms with Gasteiger partial charge in [0.1, 0.15) is 0 Å². The first-order valence-corrected chi connectivity index (χ1v) is 5.09. The second-order valence-corrected chi connectivity index (χ2v) is 3.52. The van der Waals surface area contributed by atoms with Crippen molar-refractivity contribution in [1.29, 1.82) is 0 Å². The fraction of sp³-hybridized carbons (Fsp3) is 0.154. The summed E-state index contributed by atoms with van der Waals surface area (Å²) in [6.45, 7) is 0. The van der Waals surface area contributed by atoms with Gasteiger partial charge in [0.25, 0.3) is 0 Å². The van der Waals surface area contributed by atoms with Gasteiger partial charge in [-0.15, -0.1) is 12.4 Å². The summed E-state index contributed by atoms with van der Waals surface area (Å²) in [6, 6.07) is 14.0. The number of benzene rings is 1. The zero-order valence-electron chi connectivity index (χ0n) is 8.97. The van der Waals surface area contributed by atoms with Crippen molar-refractivity contribution in [3.63, 3.8) is 0 Å². The highest BCUT2D eigenvalue weighted by molar-refractivity contribution is 5.85. The number of aryl methyl sites for hydroxylation is 2. The monoisotopic (exact) mass is 234 g/mol. The molecule has 1 aromatic carbocycles. The number of anilines is 1. The highest BCUT2D eigenvalue weighted by Gasteiger charge is 1.99. The Bertz CT molecular complexity index is 429. The van der Waals surface area contributed by atoms with E-state index in [2.05, 4.69) is 11.1 Å². The summed E-state index contributed by atoms with van der Waals surface area (Å²) < 4.78 is 0. The van der Waals surface area contributed by atoms with E-state index in [4.69, 9.17) is 5.73 Å². The predicted molar refractivity (Wildman–Crippen MR) is 69.7 cm³/mol. The summed E-state index contributed by atoms with van der Waals surface area (Å²) in [5.41, 5.74) is 9.04. The molecular weight excluding hydrogens is 220 g/mol. The molecule has 0 fully saturated rings. The predicted octanol–water partition coefficient (Wildman–Crippen LogP) is 2.87. The first-order valence-electron chi connectivity index (χ1n) is 5.09. The molecule has 1 heterocycles. The average Bonchev–Trinajstić information content (AvgIpc) is 2.29. The lowest BCUT2D eigenvalue weighted by atomic mass is 10.1. The molecule has 0 unspecified atom stereocenters. The summed E-state index contributed by atoms with van der Waals surface area (Å²) in [7, 11) is 0. The third-order valence-corrected chi connectivity index (χ3v) is 2.43. The van der Waals surface area contributed by atoms with Crippen molar-refractivity contribution in [3.05, 3.63) is 59.9 Å². The van der Waals surface area contributed by atoms with Crippen LogP contribution >= 0.6 is 12.4 Å². The molecule has 0 amide bonds. The SMILES string of the molecule is Cl.Nc1ccccc1CCc1ccccn1. The molecule has 0 spiro atoms. The molecule has 0 atom stereocenters. The first-order chi connectivity index (χ1) is 7.36. The number of halogens is 1.